The lowest BCUT2D eigenvalue weighted by Gasteiger charge is -2.26. The maximum Gasteiger partial charge on any atom is 0.253 e. The molecule has 0 aliphatic heterocycles. The van der Waals surface area contributed by atoms with Crippen LogP contribution in [0.2, 0.25) is 0 Å². The quantitative estimate of drug-likeness (QED) is 0.717. The lowest BCUT2D eigenvalue weighted by Crippen LogP contribution is -2.28. The van der Waals surface area contributed by atoms with Crippen LogP contribution in [0.15, 0.2) is 24.3 Å². The number of aliphatic hydroxyl groups is 1. The first-order valence-electron chi connectivity index (χ1n) is 6.53. The van der Waals surface area contributed by atoms with Crippen molar-refractivity contribution in [1.29, 1.82) is 0 Å². The minimum atomic E-state index is -0.138. The van der Waals surface area contributed by atoms with Crippen molar-refractivity contribution in [2.75, 3.05) is 25.0 Å². The zero-order chi connectivity index (χ0) is 12.8. The van der Waals surface area contributed by atoms with E-state index in [1.807, 2.05) is 18.2 Å². The Balaban J connectivity index is 1.97. The number of carbonyl (C=O) groups excluding carboxylic acids is 1. The summed E-state index contributed by atoms with van der Waals surface area (Å²) >= 11 is 0. The molecule has 18 heavy (non-hydrogen) atoms. The summed E-state index contributed by atoms with van der Waals surface area (Å²) in [5.41, 5.74) is 1.52. The third-order valence-electron chi connectivity index (χ3n) is 3.37. The molecule has 0 aromatic heterocycles. The molecule has 0 unspecified atom stereocenters. The molecule has 1 aliphatic rings. The van der Waals surface area contributed by atoms with Gasteiger partial charge in [0.1, 0.15) is 0 Å². The highest BCUT2D eigenvalue weighted by molar-refractivity contribution is 5.99. The molecule has 1 amide bonds. The Labute approximate surface area is 107 Å². The third kappa shape index (κ3) is 3.23. The fourth-order valence-corrected chi connectivity index (χ4v) is 2.05. The molecule has 3 N–H and O–H groups in total. The number of amides is 1. The summed E-state index contributed by atoms with van der Waals surface area (Å²) < 4.78 is 0. The normalized spacial score (nSPS) is 14.9. The summed E-state index contributed by atoms with van der Waals surface area (Å²) in [5.74, 6) is 0.610. The highest BCUT2D eigenvalue weighted by Crippen LogP contribution is 2.27. The van der Waals surface area contributed by atoms with Crippen molar-refractivity contribution in [3.8, 4) is 0 Å². The largest absolute Gasteiger partial charge is 0.395 e. The van der Waals surface area contributed by atoms with Crippen LogP contribution in [0, 0.1) is 5.92 Å². The van der Waals surface area contributed by atoms with Crippen molar-refractivity contribution < 1.29 is 9.90 Å². The fourth-order valence-electron chi connectivity index (χ4n) is 2.05. The summed E-state index contributed by atoms with van der Waals surface area (Å²) in [5, 5.41) is 14.7. The van der Waals surface area contributed by atoms with Gasteiger partial charge in [-0.2, -0.15) is 0 Å². The molecule has 98 valence electrons. The highest BCUT2D eigenvalue weighted by Gasteiger charge is 2.18. The molecule has 1 saturated carbocycles. The Hall–Kier alpha value is -1.55. The van der Waals surface area contributed by atoms with Gasteiger partial charge in [0.25, 0.3) is 5.91 Å². The number of hydrogen-bond acceptors (Lipinski definition) is 3. The summed E-state index contributed by atoms with van der Waals surface area (Å²) in [6.07, 6.45) is 3.89. The van der Waals surface area contributed by atoms with E-state index in [9.17, 15) is 4.79 Å². The minimum absolute atomic E-state index is 0.0383. The van der Waals surface area contributed by atoms with Crippen molar-refractivity contribution in [2.45, 2.75) is 19.3 Å². The maximum atomic E-state index is 11.9. The molecule has 1 aromatic carbocycles. The van der Waals surface area contributed by atoms with E-state index in [2.05, 4.69) is 10.6 Å². The summed E-state index contributed by atoms with van der Waals surface area (Å²) in [6.45, 7) is 1.18. The van der Waals surface area contributed by atoms with Crippen molar-refractivity contribution in [3.05, 3.63) is 29.8 Å². The molecule has 0 bridgehead atoms. The second-order valence-corrected chi connectivity index (χ2v) is 4.70. The van der Waals surface area contributed by atoms with E-state index in [0.717, 1.165) is 18.2 Å². The van der Waals surface area contributed by atoms with Gasteiger partial charge in [0.15, 0.2) is 0 Å². The zero-order valence-corrected chi connectivity index (χ0v) is 10.5. The van der Waals surface area contributed by atoms with E-state index in [0.29, 0.717) is 5.56 Å². The Bertz CT molecular complexity index is 403. The molecule has 1 fully saturated rings. The lowest BCUT2D eigenvalue weighted by molar-refractivity contribution is 0.0945. The van der Waals surface area contributed by atoms with Crippen molar-refractivity contribution in [1.82, 2.24) is 5.32 Å². The van der Waals surface area contributed by atoms with Crippen LogP contribution in [0.5, 0.6) is 0 Å². The molecule has 4 nitrogen and oxygen atoms in total. The zero-order valence-electron chi connectivity index (χ0n) is 10.5. The van der Waals surface area contributed by atoms with Crippen LogP contribution in [0.25, 0.3) is 0 Å². The number of para-hydroxylation sites is 1. The molecule has 1 aromatic rings. The van der Waals surface area contributed by atoms with Crippen LogP contribution in [0.4, 0.5) is 5.69 Å². The van der Waals surface area contributed by atoms with Crippen LogP contribution in [0.1, 0.15) is 29.6 Å². The topological polar surface area (TPSA) is 61.4 Å². The Morgan fingerprint density at radius 3 is 2.78 bits per heavy atom. The number of anilines is 1. The second kappa shape index (κ2) is 6.40. The fraction of sp³-hybridized carbons (Fsp3) is 0.500. The smallest absolute Gasteiger partial charge is 0.253 e. The van der Waals surface area contributed by atoms with E-state index < -0.39 is 0 Å². The second-order valence-electron chi connectivity index (χ2n) is 4.70. The average molecular weight is 248 g/mol. The molecule has 0 heterocycles. The molecule has 0 atom stereocenters. The van der Waals surface area contributed by atoms with Crippen LogP contribution >= 0.6 is 0 Å². The van der Waals surface area contributed by atoms with Gasteiger partial charge in [0, 0.05) is 18.8 Å². The van der Waals surface area contributed by atoms with Gasteiger partial charge < -0.3 is 15.7 Å². The molecule has 0 radical (unpaired) electrons. The van der Waals surface area contributed by atoms with E-state index in [4.69, 9.17) is 5.11 Å². The van der Waals surface area contributed by atoms with Crippen LogP contribution in [0.3, 0.4) is 0 Å². The summed E-state index contributed by atoms with van der Waals surface area (Å²) in [4.78, 5) is 11.9. The Morgan fingerprint density at radius 1 is 1.33 bits per heavy atom. The van der Waals surface area contributed by atoms with Crippen LogP contribution < -0.4 is 10.6 Å². The van der Waals surface area contributed by atoms with E-state index in [1.54, 1.807) is 6.07 Å². The highest BCUT2D eigenvalue weighted by atomic mass is 16.3. The van der Waals surface area contributed by atoms with Gasteiger partial charge in [-0.05, 0) is 30.9 Å². The molecule has 4 heteroatoms. The van der Waals surface area contributed by atoms with Crippen molar-refractivity contribution in [2.24, 2.45) is 5.92 Å². The first kappa shape index (κ1) is 12.9. The van der Waals surface area contributed by atoms with E-state index in [-0.39, 0.29) is 19.1 Å². The number of benzene rings is 1. The van der Waals surface area contributed by atoms with Gasteiger partial charge in [0.2, 0.25) is 0 Å². The predicted octanol–water partition coefficient (Wildman–Crippen LogP) is 1.62. The lowest BCUT2D eigenvalue weighted by atomic mass is 9.85. The minimum Gasteiger partial charge on any atom is -0.395 e. The van der Waals surface area contributed by atoms with E-state index in [1.165, 1.54) is 19.3 Å². The van der Waals surface area contributed by atoms with E-state index >= 15 is 0 Å². The molecule has 2 rings (SSSR count). The number of rotatable bonds is 6. The Morgan fingerprint density at radius 2 is 2.11 bits per heavy atom. The van der Waals surface area contributed by atoms with Crippen molar-refractivity contribution >= 4 is 11.6 Å². The average Bonchev–Trinajstić information content (AvgIpc) is 2.34. The summed E-state index contributed by atoms with van der Waals surface area (Å²) in [7, 11) is 0. The van der Waals surface area contributed by atoms with Gasteiger partial charge in [-0.1, -0.05) is 18.6 Å². The Kier molecular flexibility index (Phi) is 4.59. The summed E-state index contributed by atoms with van der Waals surface area (Å²) in [6, 6.07) is 7.50. The molecular weight excluding hydrogens is 228 g/mol. The van der Waals surface area contributed by atoms with Gasteiger partial charge in [0.05, 0.1) is 12.2 Å². The molecular formula is C14H20N2O2. The maximum absolute atomic E-state index is 11.9. The molecule has 0 saturated heterocycles. The van der Waals surface area contributed by atoms with Gasteiger partial charge in [-0.15, -0.1) is 0 Å². The number of nitrogens with one attached hydrogen (secondary N) is 2. The standard InChI is InChI=1S/C14H20N2O2/c17-9-8-15-14(18)12-6-1-2-7-13(12)16-10-11-4-3-5-11/h1-2,6-7,11,16-17H,3-5,8-10H2,(H,15,18). The number of carbonyl (C=O) groups is 1. The number of aliphatic hydroxyl groups excluding tert-OH is 1. The predicted molar refractivity (Wildman–Crippen MR) is 71.7 cm³/mol. The van der Waals surface area contributed by atoms with Gasteiger partial charge in [-0.25, -0.2) is 0 Å². The third-order valence-corrected chi connectivity index (χ3v) is 3.37. The first-order chi connectivity index (χ1) is 8.81. The molecule has 0 spiro atoms. The molecule has 1 aliphatic carbocycles. The van der Waals surface area contributed by atoms with Crippen LogP contribution in [-0.4, -0.2) is 30.7 Å². The first-order valence-corrected chi connectivity index (χ1v) is 6.53. The van der Waals surface area contributed by atoms with Crippen LogP contribution in [-0.2, 0) is 0 Å². The van der Waals surface area contributed by atoms with Gasteiger partial charge in [-0.3, -0.25) is 4.79 Å². The SMILES string of the molecule is O=C(NCCO)c1ccccc1NCC1CCC1. The van der Waals surface area contributed by atoms with Gasteiger partial charge >= 0.3 is 0 Å². The monoisotopic (exact) mass is 248 g/mol. The number of hydrogen-bond donors (Lipinski definition) is 3. The van der Waals surface area contributed by atoms with Crippen molar-refractivity contribution in [3.63, 3.8) is 0 Å².